The number of esters is 1. The highest BCUT2D eigenvalue weighted by Gasteiger charge is 2.12. The largest absolute Gasteiger partial charge is 0.493 e. The quantitative estimate of drug-likeness (QED) is 0.492. The SMILES string of the molecule is COC(=O)c1ccc(OCC(=O)NCCSCc2cccs2)c(OC)c1. The molecule has 26 heavy (non-hydrogen) atoms. The van der Waals surface area contributed by atoms with Crippen molar-refractivity contribution in [3.05, 3.63) is 46.2 Å². The van der Waals surface area contributed by atoms with E-state index >= 15 is 0 Å². The second-order valence-electron chi connectivity index (χ2n) is 5.13. The molecule has 140 valence electrons. The molecule has 1 amide bonds. The van der Waals surface area contributed by atoms with Gasteiger partial charge < -0.3 is 19.5 Å². The monoisotopic (exact) mass is 395 g/mol. The average Bonchev–Trinajstić information content (AvgIpc) is 3.18. The number of nitrogens with one attached hydrogen (secondary N) is 1. The van der Waals surface area contributed by atoms with Crippen molar-refractivity contribution in [3.63, 3.8) is 0 Å². The van der Waals surface area contributed by atoms with E-state index in [4.69, 9.17) is 9.47 Å². The third kappa shape index (κ3) is 6.27. The summed E-state index contributed by atoms with van der Waals surface area (Å²) in [5.74, 6) is 1.87. The molecule has 0 spiro atoms. The first kappa shape index (κ1) is 20.1. The van der Waals surface area contributed by atoms with E-state index in [1.807, 2.05) is 6.07 Å². The molecule has 8 heteroatoms. The van der Waals surface area contributed by atoms with Crippen LogP contribution < -0.4 is 14.8 Å². The summed E-state index contributed by atoms with van der Waals surface area (Å²) in [6, 6.07) is 8.78. The van der Waals surface area contributed by atoms with Crippen LogP contribution in [0, 0.1) is 0 Å². The molecule has 0 radical (unpaired) electrons. The van der Waals surface area contributed by atoms with E-state index in [0.717, 1.165) is 11.5 Å². The minimum atomic E-state index is -0.465. The molecule has 0 bridgehead atoms. The zero-order valence-electron chi connectivity index (χ0n) is 14.7. The Bertz CT molecular complexity index is 718. The molecule has 2 aromatic rings. The lowest BCUT2D eigenvalue weighted by atomic mass is 10.2. The minimum absolute atomic E-state index is 0.122. The number of methoxy groups -OCH3 is 2. The van der Waals surface area contributed by atoms with Gasteiger partial charge in [0.1, 0.15) is 0 Å². The summed E-state index contributed by atoms with van der Waals surface area (Å²) in [6.07, 6.45) is 0. The average molecular weight is 396 g/mol. The van der Waals surface area contributed by atoms with Gasteiger partial charge in [-0.05, 0) is 29.6 Å². The van der Waals surface area contributed by atoms with Crippen molar-refractivity contribution in [2.45, 2.75) is 5.75 Å². The lowest BCUT2D eigenvalue weighted by molar-refractivity contribution is -0.122. The van der Waals surface area contributed by atoms with Crippen LogP contribution in [-0.4, -0.2) is 45.0 Å². The Hall–Kier alpha value is -2.19. The first-order valence-corrected chi connectivity index (χ1v) is 9.93. The standard InChI is InChI=1S/C18H21NO5S2/c1-22-16-10-13(18(21)23-2)5-6-15(16)24-11-17(20)19-7-9-25-12-14-4-3-8-26-14/h3-6,8,10H,7,9,11-12H2,1-2H3,(H,19,20). The lowest BCUT2D eigenvalue weighted by Crippen LogP contribution is -2.30. The van der Waals surface area contributed by atoms with Gasteiger partial charge in [-0.15, -0.1) is 11.3 Å². The fraction of sp³-hybridized carbons (Fsp3) is 0.333. The molecule has 0 atom stereocenters. The van der Waals surface area contributed by atoms with Crippen LogP contribution in [0.3, 0.4) is 0 Å². The third-order valence-corrected chi connectivity index (χ3v) is 5.40. The predicted molar refractivity (Wildman–Crippen MR) is 103 cm³/mol. The summed E-state index contributed by atoms with van der Waals surface area (Å²) >= 11 is 3.50. The molecule has 0 saturated carbocycles. The highest BCUT2D eigenvalue weighted by Crippen LogP contribution is 2.28. The number of ether oxygens (including phenoxy) is 3. The fourth-order valence-electron chi connectivity index (χ4n) is 2.06. The highest BCUT2D eigenvalue weighted by molar-refractivity contribution is 7.98. The molecule has 2 rings (SSSR count). The Balaban J connectivity index is 1.71. The number of benzene rings is 1. The van der Waals surface area contributed by atoms with Crippen molar-refractivity contribution in [1.29, 1.82) is 0 Å². The van der Waals surface area contributed by atoms with Crippen molar-refractivity contribution in [1.82, 2.24) is 5.32 Å². The lowest BCUT2D eigenvalue weighted by Gasteiger charge is -2.11. The number of rotatable bonds is 10. The second kappa shape index (κ2) is 10.7. The van der Waals surface area contributed by atoms with Gasteiger partial charge in [-0.2, -0.15) is 11.8 Å². The van der Waals surface area contributed by atoms with E-state index in [0.29, 0.717) is 23.6 Å². The van der Waals surface area contributed by atoms with Gasteiger partial charge in [0, 0.05) is 22.9 Å². The molecule has 0 saturated heterocycles. The molecule has 1 aromatic heterocycles. The highest BCUT2D eigenvalue weighted by atomic mass is 32.2. The number of thiophene rings is 1. The number of amides is 1. The first-order chi connectivity index (χ1) is 12.6. The van der Waals surface area contributed by atoms with E-state index in [1.54, 1.807) is 35.2 Å². The van der Waals surface area contributed by atoms with E-state index in [2.05, 4.69) is 21.5 Å². The summed E-state index contributed by atoms with van der Waals surface area (Å²) < 4.78 is 15.3. The third-order valence-electron chi connectivity index (χ3n) is 3.34. The van der Waals surface area contributed by atoms with Gasteiger partial charge in [0.15, 0.2) is 18.1 Å². The molecule has 1 N–H and O–H groups in total. The van der Waals surface area contributed by atoms with E-state index in [1.165, 1.54) is 25.2 Å². The zero-order valence-corrected chi connectivity index (χ0v) is 16.3. The summed E-state index contributed by atoms with van der Waals surface area (Å²) in [5.41, 5.74) is 0.351. The Morgan fingerprint density at radius 2 is 2.04 bits per heavy atom. The van der Waals surface area contributed by atoms with Crippen LogP contribution in [0.15, 0.2) is 35.7 Å². The summed E-state index contributed by atoms with van der Waals surface area (Å²) in [4.78, 5) is 24.7. The van der Waals surface area contributed by atoms with Gasteiger partial charge in [0.25, 0.3) is 5.91 Å². The van der Waals surface area contributed by atoms with Gasteiger partial charge in [0.05, 0.1) is 19.8 Å². The smallest absolute Gasteiger partial charge is 0.337 e. The van der Waals surface area contributed by atoms with Gasteiger partial charge in [-0.1, -0.05) is 6.07 Å². The fourth-order valence-corrected chi connectivity index (χ4v) is 3.76. The molecule has 1 aromatic carbocycles. The zero-order chi connectivity index (χ0) is 18.8. The van der Waals surface area contributed by atoms with Crippen LogP contribution in [-0.2, 0) is 15.3 Å². The van der Waals surface area contributed by atoms with Crippen molar-refractivity contribution in [2.75, 3.05) is 33.1 Å². The van der Waals surface area contributed by atoms with Gasteiger partial charge >= 0.3 is 5.97 Å². The van der Waals surface area contributed by atoms with Crippen molar-refractivity contribution in [2.24, 2.45) is 0 Å². The topological polar surface area (TPSA) is 73.9 Å². The number of hydrogen-bond donors (Lipinski definition) is 1. The molecule has 1 heterocycles. The molecule has 0 fully saturated rings. The number of thioether (sulfide) groups is 1. The van der Waals surface area contributed by atoms with Crippen molar-refractivity contribution in [3.8, 4) is 11.5 Å². The van der Waals surface area contributed by atoms with E-state index < -0.39 is 5.97 Å². The van der Waals surface area contributed by atoms with Crippen LogP contribution in [0.25, 0.3) is 0 Å². The maximum Gasteiger partial charge on any atom is 0.337 e. The molecule has 0 aliphatic carbocycles. The molecule has 6 nitrogen and oxygen atoms in total. The Kier molecular flexibility index (Phi) is 8.30. The van der Waals surface area contributed by atoms with Gasteiger partial charge in [-0.3, -0.25) is 4.79 Å². The summed E-state index contributed by atoms with van der Waals surface area (Å²) in [5, 5.41) is 4.87. The predicted octanol–water partition coefficient (Wildman–Crippen LogP) is 2.97. The Labute approximate surface area is 160 Å². The Morgan fingerprint density at radius 3 is 2.73 bits per heavy atom. The maximum absolute atomic E-state index is 11.9. The first-order valence-electron chi connectivity index (χ1n) is 7.90. The van der Waals surface area contributed by atoms with Gasteiger partial charge in [0.2, 0.25) is 0 Å². The van der Waals surface area contributed by atoms with Crippen LogP contribution in [0.4, 0.5) is 0 Å². The molecule has 0 aliphatic rings. The van der Waals surface area contributed by atoms with Crippen LogP contribution >= 0.6 is 23.1 Å². The normalized spacial score (nSPS) is 10.2. The summed E-state index contributed by atoms with van der Waals surface area (Å²) in [7, 11) is 2.77. The molecule has 0 aliphatic heterocycles. The van der Waals surface area contributed by atoms with Crippen LogP contribution in [0.1, 0.15) is 15.2 Å². The van der Waals surface area contributed by atoms with Crippen LogP contribution in [0.2, 0.25) is 0 Å². The second-order valence-corrected chi connectivity index (χ2v) is 7.27. The number of carbonyl (C=O) groups excluding carboxylic acids is 2. The Morgan fingerprint density at radius 1 is 1.19 bits per heavy atom. The van der Waals surface area contributed by atoms with Crippen LogP contribution in [0.5, 0.6) is 11.5 Å². The van der Waals surface area contributed by atoms with Crippen molar-refractivity contribution < 1.29 is 23.8 Å². The molecular formula is C18H21NO5S2. The van der Waals surface area contributed by atoms with E-state index in [-0.39, 0.29) is 12.5 Å². The molecular weight excluding hydrogens is 374 g/mol. The number of carbonyl (C=O) groups is 2. The number of hydrogen-bond acceptors (Lipinski definition) is 7. The van der Waals surface area contributed by atoms with Crippen molar-refractivity contribution >= 4 is 35.0 Å². The maximum atomic E-state index is 11.9. The van der Waals surface area contributed by atoms with E-state index in [9.17, 15) is 9.59 Å². The summed E-state index contributed by atoms with van der Waals surface area (Å²) in [6.45, 7) is 0.459. The molecule has 0 unspecified atom stereocenters. The minimum Gasteiger partial charge on any atom is -0.493 e. The van der Waals surface area contributed by atoms with Gasteiger partial charge in [-0.25, -0.2) is 4.79 Å².